The lowest BCUT2D eigenvalue weighted by Gasteiger charge is -2.31. The number of amides is 1. The Morgan fingerprint density at radius 1 is 1.07 bits per heavy atom. The van der Waals surface area contributed by atoms with E-state index in [0.29, 0.717) is 5.91 Å². The van der Waals surface area contributed by atoms with Crippen LogP contribution in [0.4, 0.5) is 0 Å². The summed E-state index contributed by atoms with van der Waals surface area (Å²) < 4.78 is 0. The molecular formula is C13H27NO. The van der Waals surface area contributed by atoms with Crippen LogP contribution in [-0.4, -0.2) is 23.9 Å². The molecule has 0 N–H and O–H groups in total. The number of hydrogen-bond donors (Lipinski definition) is 0. The summed E-state index contributed by atoms with van der Waals surface area (Å²) >= 11 is 0. The maximum absolute atomic E-state index is 12.2. The molecule has 0 aromatic carbocycles. The van der Waals surface area contributed by atoms with E-state index in [1.807, 2.05) is 18.7 Å². The summed E-state index contributed by atoms with van der Waals surface area (Å²) in [5, 5.41) is 0. The summed E-state index contributed by atoms with van der Waals surface area (Å²) in [6.45, 7) is 12.3. The standard InChI is InChI=1S/C13H27NO/c1-6-9-11-14(10-7-2)12(15)13(4,5)8-3/h6-11H2,1-5H3. The third-order valence-electron chi connectivity index (χ3n) is 3.03. The third-order valence-corrected chi connectivity index (χ3v) is 3.03. The monoisotopic (exact) mass is 213 g/mol. The lowest BCUT2D eigenvalue weighted by Crippen LogP contribution is -2.41. The van der Waals surface area contributed by atoms with Gasteiger partial charge in [0.15, 0.2) is 0 Å². The molecule has 15 heavy (non-hydrogen) atoms. The van der Waals surface area contributed by atoms with Crippen molar-refractivity contribution in [2.24, 2.45) is 5.41 Å². The Morgan fingerprint density at radius 2 is 1.67 bits per heavy atom. The molecule has 90 valence electrons. The van der Waals surface area contributed by atoms with E-state index in [1.165, 1.54) is 0 Å². The quantitative estimate of drug-likeness (QED) is 0.634. The van der Waals surface area contributed by atoms with Crippen molar-refractivity contribution in [2.75, 3.05) is 13.1 Å². The van der Waals surface area contributed by atoms with Gasteiger partial charge < -0.3 is 4.90 Å². The van der Waals surface area contributed by atoms with Crippen LogP contribution >= 0.6 is 0 Å². The normalized spacial score (nSPS) is 11.5. The Hall–Kier alpha value is -0.530. The van der Waals surface area contributed by atoms with Crippen LogP contribution in [0, 0.1) is 5.41 Å². The van der Waals surface area contributed by atoms with Crippen LogP contribution in [-0.2, 0) is 4.79 Å². The Morgan fingerprint density at radius 3 is 2.07 bits per heavy atom. The van der Waals surface area contributed by atoms with E-state index in [-0.39, 0.29) is 5.41 Å². The smallest absolute Gasteiger partial charge is 0.228 e. The highest BCUT2D eigenvalue weighted by Crippen LogP contribution is 2.23. The topological polar surface area (TPSA) is 20.3 Å². The molecule has 0 saturated carbocycles. The van der Waals surface area contributed by atoms with Gasteiger partial charge in [0, 0.05) is 18.5 Å². The molecule has 0 fully saturated rings. The molecule has 0 unspecified atom stereocenters. The third kappa shape index (κ3) is 4.67. The molecule has 0 rings (SSSR count). The fourth-order valence-corrected chi connectivity index (χ4v) is 1.51. The van der Waals surface area contributed by atoms with Crippen LogP contribution < -0.4 is 0 Å². The van der Waals surface area contributed by atoms with E-state index in [4.69, 9.17) is 0 Å². The van der Waals surface area contributed by atoms with Crippen LogP contribution in [0.3, 0.4) is 0 Å². The van der Waals surface area contributed by atoms with Gasteiger partial charge in [-0.05, 0) is 19.3 Å². The second-order valence-corrected chi connectivity index (χ2v) is 4.88. The summed E-state index contributed by atoms with van der Waals surface area (Å²) in [6, 6.07) is 0. The van der Waals surface area contributed by atoms with Gasteiger partial charge in [0.1, 0.15) is 0 Å². The highest BCUT2D eigenvalue weighted by Gasteiger charge is 2.29. The van der Waals surface area contributed by atoms with Crippen molar-refractivity contribution < 1.29 is 4.79 Å². The summed E-state index contributed by atoms with van der Waals surface area (Å²) in [7, 11) is 0. The largest absolute Gasteiger partial charge is 0.342 e. The van der Waals surface area contributed by atoms with E-state index >= 15 is 0 Å². The average Bonchev–Trinajstić information content (AvgIpc) is 2.23. The molecule has 0 bridgehead atoms. The van der Waals surface area contributed by atoms with Crippen LogP contribution in [0.15, 0.2) is 0 Å². The van der Waals surface area contributed by atoms with Gasteiger partial charge in [0.25, 0.3) is 0 Å². The van der Waals surface area contributed by atoms with E-state index in [0.717, 1.165) is 38.8 Å². The minimum absolute atomic E-state index is 0.192. The number of unbranched alkanes of at least 4 members (excludes halogenated alkanes) is 1. The van der Waals surface area contributed by atoms with E-state index < -0.39 is 0 Å². The van der Waals surface area contributed by atoms with Crippen molar-refractivity contribution in [2.45, 2.75) is 60.3 Å². The highest BCUT2D eigenvalue weighted by atomic mass is 16.2. The zero-order valence-corrected chi connectivity index (χ0v) is 11.1. The van der Waals surface area contributed by atoms with Gasteiger partial charge in [-0.15, -0.1) is 0 Å². The Kier molecular flexibility index (Phi) is 6.62. The van der Waals surface area contributed by atoms with Crippen molar-refractivity contribution in [3.8, 4) is 0 Å². The van der Waals surface area contributed by atoms with E-state index in [9.17, 15) is 4.79 Å². The van der Waals surface area contributed by atoms with Crippen LogP contribution in [0.25, 0.3) is 0 Å². The molecule has 0 saturated heterocycles. The Bertz CT molecular complexity index is 187. The minimum atomic E-state index is -0.192. The molecule has 0 aliphatic heterocycles. The van der Waals surface area contributed by atoms with Gasteiger partial charge in [-0.25, -0.2) is 0 Å². The molecule has 0 spiro atoms. The van der Waals surface area contributed by atoms with Crippen molar-refractivity contribution in [3.05, 3.63) is 0 Å². The first kappa shape index (κ1) is 14.5. The van der Waals surface area contributed by atoms with Crippen LogP contribution in [0.2, 0.25) is 0 Å². The molecule has 0 radical (unpaired) electrons. The van der Waals surface area contributed by atoms with E-state index in [2.05, 4.69) is 20.8 Å². The Balaban J connectivity index is 4.40. The van der Waals surface area contributed by atoms with Crippen molar-refractivity contribution in [1.29, 1.82) is 0 Å². The summed E-state index contributed by atoms with van der Waals surface area (Å²) in [4.78, 5) is 14.3. The van der Waals surface area contributed by atoms with Gasteiger partial charge in [-0.1, -0.05) is 41.0 Å². The fraction of sp³-hybridized carbons (Fsp3) is 0.923. The molecule has 0 aliphatic carbocycles. The first-order valence-corrected chi connectivity index (χ1v) is 6.29. The molecular weight excluding hydrogens is 186 g/mol. The van der Waals surface area contributed by atoms with Gasteiger partial charge >= 0.3 is 0 Å². The van der Waals surface area contributed by atoms with E-state index in [1.54, 1.807) is 0 Å². The molecule has 0 aromatic heterocycles. The summed E-state index contributed by atoms with van der Waals surface area (Å²) in [5.74, 6) is 0.320. The fourth-order valence-electron chi connectivity index (χ4n) is 1.51. The number of carbonyl (C=O) groups excluding carboxylic acids is 1. The lowest BCUT2D eigenvalue weighted by molar-refractivity contribution is -0.140. The number of rotatable bonds is 7. The molecule has 0 aliphatic rings. The number of hydrogen-bond acceptors (Lipinski definition) is 1. The van der Waals surface area contributed by atoms with Crippen molar-refractivity contribution in [1.82, 2.24) is 4.90 Å². The minimum Gasteiger partial charge on any atom is -0.342 e. The van der Waals surface area contributed by atoms with Crippen molar-refractivity contribution >= 4 is 5.91 Å². The maximum Gasteiger partial charge on any atom is 0.228 e. The molecule has 0 aromatic rings. The molecule has 0 heterocycles. The predicted octanol–water partition coefficient (Wildman–Crippen LogP) is 3.46. The molecule has 2 nitrogen and oxygen atoms in total. The van der Waals surface area contributed by atoms with Gasteiger partial charge in [0.2, 0.25) is 5.91 Å². The maximum atomic E-state index is 12.2. The molecule has 1 amide bonds. The molecule has 2 heteroatoms. The van der Waals surface area contributed by atoms with Gasteiger partial charge in [-0.2, -0.15) is 0 Å². The Labute approximate surface area is 95.0 Å². The second-order valence-electron chi connectivity index (χ2n) is 4.88. The number of nitrogens with zero attached hydrogens (tertiary/aromatic N) is 1. The second kappa shape index (κ2) is 6.86. The van der Waals surface area contributed by atoms with Gasteiger partial charge in [0.05, 0.1) is 0 Å². The summed E-state index contributed by atoms with van der Waals surface area (Å²) in [6.07, 6.45) is 4.24. The zero-order chi connectivity index (χ0) is 11.9. The van der Waals surface area contributed by atoms with Gasteiger partial charge in [-0.3, -0.25) is 4.79 Å². The SMILES string of the molecule is CCCCN(CCC)C(=O)C(C)(C)CC. The van der Waals surface area contributed by atoms with Crippen molar-refractivity contribution in [3.63, 3.8) is 0 Å². The predicted molar refractivity (Wildman–Crippen MR) is 65.9 cm³/mol. The van der Waals surface area contributed by atoms with Crippen LogP contribution in [0.5, 0.6) is 0 Å². The first-order valence-electron chi connectivity index (χ1n) is 6.29. The zero-order valence-electron chi connectivity index (χ0n) is 11.1. The highest BCUT2D eigenvalue weighted by molar-refractivity contribution is 5.81. The number of carbonyl (C=O) groups is 1. The van der Waals surface area contributed by atoms with Crippen LogP contribution in [0.1, 0.15) is 60.3 Å². The first-order chi connectivity index (χ1) is 6.99. The lowest BCUT2D eigenvalue weighted by atomic mass is 9.88. The molecule has 0 atom stereocenters. The average molecular weight is 213 g/mol. The summed E-state index contributed by atoms with van der Waals surface area (Å²) in [5.41, 5.74) is -0.192.